The molecule has 14 aromatic rings. The minimum Gasteiger partial charge on any atom is -0.396 e. The summed E-state index contributed by atoms with van der Waals surface area (Å²) in [5.41, 5.74) is 30.4. The van der Waals surface area contributed by atoms with Crippen molar-refractivity contribution in [1.29, 1.82) is 0 Å². The number of nitrogens with two attached hydrogens (primary N) is 3. The van der Waals surface area contributed by atoms with Gasteiger partial charge in [0.1, 0.15) is 31.9 Å². The summed E-state index contributed by atoms with van der Waals surface area (Å²) in [6.07, 6.45) is 41.6. The van der Waals surface area contributed by atoms with Crippen LogP contribution in [0.3, 0.4) is 0 Å². The molecule has 2 spiro atoms. The van der Waals surface area contributed by atoms with Crippen molar-refractivity contribution in [1.82, 2.24) is 88.6 Å². The second kappa shape index (κ2) is 46.5. The van der Waals surface area contributed by atoms with E-state index >= 15 is 0 Å². The number of ether oxygens (including phenoxy) is 2. The number of aryl methyl sites for hydroxylation is 6. The number of hydrogen-bond acceptors (Lipinski definition) is 24. The highest BCUT2D eigenvalue weighted by atomic mass is 35.5. The lowest BCUT2D eigenvalue weighted by molar-refractivity contribution is 0.0973. The fraction of sp³-hybridized carbons (Fsp3) is 0.381. The van der Waals surface area contributed by atoms with Gasteiger partial charge in [-0.15, -0.1) is 23.5 Å². The number of aromatic nitrogens is 18. The van der Waals surface area contributed by atoms with Crippen LogP contribution in [0.4, 0.5) is 17.3 Å². The first-order chi connectivity index (χ1) is 63.5. The summed E-state index contributed by atoms with van der Waals surface area (Å²) in [5, 5.41) is 31.6. The molecule has 4 fully saturated rings. The number of halogens is 6. The van der Waals surface area contributed by atoms with Crippen LogP contribution >= 0.6 is 128 Å². The first-order valence-electron chi connectivity index (χ1n) is 43.7. The average molecular weight is 2010 g/mol. The summed E-state index contributed by atoms with van der Waals surface area (Å²) < 4.78 is 22.7. The van der Waals surface area contributed by atoms with Gasteiger partial charge in [-0.1, -0.05) is 207 Å². The predicted molar refractivity (Wildman–Crippen MR) is 544 cm³/mol. The molecule has 0 unspecified atom stereocenters. The topological polar surface area (TPSA) is 287 Å². The van der Waals surface area contributed by atoms with Gasteiger partial charge in [-0.3, -0.25) is 28.1 Å². The van der Waals surface area contributed by atoms with E-state index in [0.717, 1.165) is 218 Å². The summed E-state index contributed by atoms with van der Waals surface area (Å²) >= 11 is 46.9. The first kappa shape index (κ1) is 102. The van der Waals surface area contributed by atoms with Crippen molar-refractivity contribution >= 4 is 146 Å². The third-order valence-electron chi connectivity index (χ3n) is 22.9. The van der Waals surface area contributed by atoms with E-state index in [-0.39, 0.29) is 44.6 Å². The second-order valence-electron chi connectivity index (χ2n) is 35.7. The number of anilines is 3. The first-order valence-corrected chi connectivity index (χ1v) is 50.1. The molecule has 702 valence electrons. The Morgan fingerprint density at radius 3 is 0.842 bits per heavy atom. The highest BCUT2D eigenvalue weighted by Crippen LogP contribution is 2.46. The molecule has 0 aliphatic carbocycles. The molecule has 0 saturated carbocycles. The molecule has 0 radical (unpaired) electrons. The Morgan fingerprint density at radius 2 is 0.624 bits per heavy atom. The molecule has 18 rings (SSSR count). The Labute approximate surface area is 831 Å². The molecular weight excluding hydrogens is 1890 g/mol. The molecule has 4 aliphatic rings. The van der Waals surface area contributed by atoms with Crippen LogP contribution in [0.1, 0.15) is 137 Å². The maximum atomic E-state index is 6.72. The zero-order chi connectivity index (χ0) is 94.9. The van der Waals surface area contributed by atoms with Crippen LogP contribution < -0.4 is 27.0 Å². The van der Waals surface area contributed by atoms with Crippen molar-refractivity contribution in [2.75, 3.05) is 54.9 Å². The summed E-state index contributed by atoms with van der Waals surface area (Å²) in [4.78, 5) is 36.8. The summed E-state index contributed by atoms with van der Waals surface area (Å²) in [7, 11) is 11.4. The van der Waals surface area contributed by atoms with Gasteiger partial charge in [0.25, 0.3) is 0 Å². The maximum absolute atomic E-state index is 6.72. The molecule has 4 aliphatic heterocycles. The lowest BCUT2D eigenvalue weighted by Gasteiger charge is -2.41. The third kappa shape index (κ3) is 28.7. The Morgan fingerprint density at radius 1 is 0.353 bits per heavy atom. The normalized spacial score (nSPS) is 16.7. The van der Waals surface area contributed by atoms with E-state index in [9.17, 15) is 0 Å². The van der Waals surface area contributed by atoms with Crippen molar-refractivity contribution in [3.05, 3.63) is 288 Å². The summed E-state index contributed by atoms with van der Waals surface area (Å²) in [6.45, 7) is 22.6. The number of nitrogen functional groups attached to an aromatic ring is 1. The lowest BCUT2D eigenvalue weighted by atomic mass is 9.73. The molecular formula is C97H115Cl6N23O2S5. The number of thioether (sulfide) groups is 2. The van der Waals surface area contributed by atoms with Gasteiger partial charge in [-0.05, 0) is 125 Å². The molecule has 25 nitrogen and oxygen atoms in total. The number of benzene rings is 5. The molecule has 133 heavy (non-hydrogen) atoms. The van der Waals surface area contributed by atoms with Gasteiger partial charge in [0.15, 0.2) is 0 Å². The number of hydrogen-bond donors (Lipinski definition) is 3. The van der Waals surface area contributed by atoms with E-state index < -0.39 is 0 Å². The van der Waals surface area contributed by atoms with Gasteiger partial charge in [0.05, 0.1) is 131 Å². The standard InChI is InChI=1S/2C24H29ClN6OS.C15H12Cl2N4S.2C15H19ClN2S.C4H7N3/c2*1-16-23(26)24(15-32-16)6-8-31(9-7-24)20-12-28-21(13-27-20)33-19-5-3-4-18(22(19)25)10-17-11-29-30(2)14-17;1-21-9-10(6-20-21)5-11-3-2-4-12(15(11)17)22-14-8-18-13(16)7-19-14;2*1-15(2,3)19-13-7-5-6-12(14(13)16)8-11-9-17-18(4)10-11;1-7-3-4(5)2-6-7/h2*3-5,11-14,16,23H,6-10,15,26H2,1-2H3;2-4,6-9H,5H2,1H3;2*5-7,9-10H,8H2,1-4H3;2-3H,5H2,1H3/t2*16-,23+;;;;/m00..../s1. The fourth-order valence-electron chi connectivity index (χ4n) is 15.9. The molecule has 36 heteroatoms. The minimum atomic E-state index is 0.108. The lowest BCUT2D eigenvalue weighted by Crippen LogP contribution is -2.50. The number of piperidine rings is 2. The van der Waals surface area contributed by atoms with E-state index in [4.69, 9.17) is 106 Å². The van der Waals surface area contributed by atoms with Crippen molar-refractivity contribution in [2.24, 2.45) is 64.6 Å². The molecule has 9 aromatic heterocycles. The SMILES string of the molecule is C[C@@H]1OCC2(CCN(c3cnc(Sc4cccc(Cc5cnn(C)c5)c4Cl)cn3)CC2)[C@@H]1N.C[C@@H]1OCC2(CCN(c3cnc(Sc4cccc(Cc5cnn(C)c5)c4Cl)cn3)CC2)[C@@H]1N.Cn1cc(Cc2cccc(SC(C)(C)C)c2Cl)cn1.Cn1cc(Cc2cccc(SC(C)(C)C)c2Cl)cn1.Cn1cc(Cc2cccc(Sc3cnc(Cl)cn3)c2Cl)cn1.Cn1cc(N)cn1. The maximum Gasteiger partial charge on any atom is 0.147 e. The van der Waals surface area contributed by atoms with Gasteiger partial charge in [0, 0.05) is 195 Å². The van der Waals surface area contributed by atoms with E-state index in [1.54, 1.807) is 60.8 Å². The van der Waals surface area contributed by atoms with E-state index in [1.807, 2.05) is 181 Å². The van der Waals surface area contributed by atoms with Crippen molar-refractivity contribution in [3.63, 3.8) is 0 Å². The molecule has 13 heterocycles. The zero-order valence-corrected chi connectivity index (χ0v) is 85.9. The van der Waals surface area contributed by atoms with Gasteiger partial charge in [-0.25, -0.2) is 29.9 Å². The largest absolute Gasteiger partial charge is 0.396 e. The average Bonchev–Trinajstić information content (AvgIpc) is 1.65. The van der Waals surface area contributed by atoms with Gasteiger partial charge in [-0.2, -0.15) is 30.6 Å². The van der Waals surface area contributed by atoms with E-state index in [2.05, 4.69) is 164 Å². The van der Waals surface area contributed by atoms with Crippen LogP contribution in [-0.4, -0.2) is 162 Å². The quantitative estimate of drug-likeness (QED) is 0.0598. The highest BCUT2D eigenvalue weighted by molar-refractivity contribution is 8.01. The molecule has 4 saturated heterocycles. The Hall–Kier alpha value is -8.67. The molecule has 5 aromatic carbocycles. The Balaban J connectivity index is 0.000000141. The summed E-state index contributed by atoms with van der Waals surface area (Å²) in [6, 6.07) is 30.9. The van der Waals surface area contributed by atoms with E-state index in [0.29, 0.717) is 10.8 Å². The van der Waals surface area contributed by atoms with Crippen LogP contribution in [0.5, 0.6) is 0 Å². The smallest absolute Gasteiger partial charge is 0.147 e. The predicted octanol–water partition coefficient (Wildman–Crippen LogP) is 21.2. The Bertz CT molecular complexity index is 5820. The van der Waals surface area contributed by atoms with E-state index in [1.165, 1.54) is 52.6 Å². The van der Waals surface area contributed by atoms with Crippen LogP contribution in [0.25, 0.3) is 0 Å². The van der Waals surface area contributed by atoms with Gasteiger partial charge in [0.2, 0.25) is 0 Å². The monoisotopic (exact) mass is 2000 g/mol. The molecule has 0 amide bonds. The second-order valence-corrected chi connectivity index (χ2v) is 44.9. The van der Waals surface area contributed by atoms with Crippen LogP contribution in [0.2, 0.25) is 30.3 Å². The van der Waals surface area contributed by atoms with Crippen LogP contribution in [0.15, 0.2) is 242 Å². The minimum absolute atomic E-state index is 0.108. The number of rotatable bonds is 20. The highest BCUT2D eigenvalue weighted by Gasteiger charge is 2.49. The van der Waals surface area contributed by atoms with Gasteiger partial charge >= 0.3 is 0 Å². The third-order valence-corrected chi connectivity index (χ3v) is 31.1. The summed E-state index contributed by atoms with van der Waals surface area (Å²) in [5.74, 6) is 1.82. The van der Waals surface area contributed by atoms with Crippen molar-refractivity contribution < 1.29 is 9.47 Å². The van der Waals surface area contributed by atoms with Crippen molar-refractivity contribution in [2.45, 2.75) is 187 Å². The van der Waals surface area contributed by atoms with Gasteiger partial charge < -0.3 is 36.5 Å². The Kier molecular flexibility index (Phi) is 35.5. The zero-order valence-electron chi connectivity index (χ0n) is 77.3. The molecule has 6 N–H and O–H groups in total. The van der Waals surface area contributed by atoms with Crippen LogP contribution in [-0.2, 0) is 83.9 Å². The van der Waals surface area contributed by atoms with Crippen LogP contribution in [0, 0.1) is 10.8 Å². The number of nitrogens with zero attached hydrogens (tertiary/aromatic N) is 20. The molecule has 4 atom stereocenters. The molecule has 0 bridgehead atoms. The fourth-order valence-corrected chi connectivity index (χ4v) is 22.0. The van der Waals surface area contributed by atoms with Crippen molar-refractivity contribution in [3.8, 4) is 0 Å².